The minimum atomic E-state index is 0.159. The second-order valence-corrected chi connectivity index (χ2v) is 4.41. The van der Waals surface area contributed by atoms with E-state index in [0.717, 1.165) is 18.8 Å². The van der Waals surface area contributed by atoms with E-state index in [1.165, 1.54) is 0 Å². The maximum atomic E-state index is 5.81. The van der Waals surface area contributed by atoms with Gasteiger partial charge in [-0.25, -0.2) is 0 Å². The van der Waals surface area contributed by atoms with E-state index < -0.39 is 0 Å². The predicted molar refractivity (Wildman–Crippen MR) is 69.8 cm³/mol. The number of hydrogen-bond acceptors (Lipinski definition) is 4. The molecule has 1 aromatic rings. The lowest BCUT2D eigenvalue weighted by molar-refractivity contribution is 0.0560. The zero-order valence-corrected chi connectivity index (χ0v) is 11.0. The number of pyridine rings is 1. The number of aromatic nitrogens is 1. The average Bonchev–Trinajstić information content (AvgIpc) is 2.31. The van der Waals surface area contributed by atoms with Gasteiger partial charge in [0.05, 0.1) is 24.4 Å². The van der Waals surface area contributed by atoms with Gasteiger partial charge in [0.2, 0.25) is 0 Å². The number of nitrogens with zero attached hydrogens (tertiary/aromatic N) is 2. The van der Waals surface area contributed by atoms with Crippen molar-refractivity contribution >= 4 is 0 Å². The van der Waals surface area contributed by atoms with Gasteiger partial charge in [-0.15, -0.1) is 0 Å². The third kappa shape index (κ3) is 4.81. The van der Waals surface area contributed by atoms with Gasteiger partial charge in [0.15, 0.2) is 0 Å². The Morgan fingerprint density at radius 1 is 1.41 bits per heavy atom. The molecule has 0 aliphatic carbocycles. The Labute approximate surface area is 104 Å². The highest BCUT2D eigenvalue weighted by molar-refractivity contribution is 5.09. The van der Waals surface area contributed by atoms with Crippen LogP contribution in [0.4, 0.5) is 0 Å². The maximum absolute atomic E-state index is 5.81. The van der Waals surface area contributed by atoms with Gasteiger partial charge in [-0.05, 0) is 33.0 Å². The van der Waals surface area contributed by atoms with Crippen LogP contribution in [0, 0.1) is 0 Å². The van der Waals surface area contributed by atoms with E-state index in [-0.39, 0.29) is 12.1 Å². The lowest BCUT2D eigenvalue weighted by Crippen LogP contribution is -2.34. The van der Waals surface area contributed by atoms with Gasteiger partial charge in [-0.2, -0.15) is 0 Å². The van der Waals surface area contributed by atoms with Crippen LogP contribution in [0.5, 0.6) is 0 Å². The average molecular weight is 237 g/mol. The standard InChI is InChI=1S/C13H23N3O/c1-11(2)17-9-8-16(3)13(10-14)12-6-4-5-7-15-12/h4-7,11,13H,8-10,14H2,1-3H3. The summed E-state index contributed by atoms with van der Waals surface area (Å²) in [4.78, 5) is 6.54. The number of nitrogens with two attached hydrogens (primary N) is 1. The van der Waals surface area contributed by atoms with Gasteiger partial charge in [0.25, 0.3) is 0 Å². The van der Waals surface area contributed by atoms with Crippen LogP contribution in [0.25, 0.3) is 0 Å². The molecular weight excluding hydrogens is 214 g/mol. The maximum Gasteiger partial charge on any atom is 0.0642 e. The fourth-order valence-corrected chi connectivity index (χ4v) is 1.69. The van der Waals surface area contributed by atoms with Crippen molar-refractivity contribution in [1.82, 2.24) is 9.88 Å². The van der Waals surface area contributed by atoms with E-state index in [1.54, 1.807) is 6.20 Å². The van der Waals surface area contributed by atoms with E-state index in [2.05, 4.69) is 16.9 Å². The summed E-state index contributed by atoms with van der Waals surface area (Å²) in [5.74, 6) is 0. The molecule has 1 aromatic heterocycles. The molecule has 0 radical (unpaired) electrons. The summed E-state index contributed by atoms with van der Waals surface area (Å²) in [6.07, 6.45) is 2.07. The summed E-state index contributed by atoms with van der Waals surface area (Å²) in [5.41, 5.74) is 6.83. The third-order valence-electron chi connectivity index (χ3n) is 2.68. The molecule has 1 heterocycles. The van der Waals surface area contributed by atoms with Crippen molar-refractivity contribution in [3.05, 3.63) is 30.1 Å². The first-order chi connectivity index (χ1) is 8.15. The van der Waals surface area contributed by atoms with Crippen molar-refractivity contribution in [2.45, 2.75) is 26.0 Å². The van der Waals surface area contributed by atoms with Crippen molar-refractivity contribution in [2.75, 3.05) is 26.7 Å². The molecule has 0 fully saturated rings. The molecular formula is C13H23N3O. The Hall–Kier alpha value is -0.970. The van der Waals surface area contributed by atoms with Crippen molar-refractivity contribution in [2.24, 2.45) is 5.73 Å². The van der Waals surface area contributed by atoms with Crippen molar-refractivity contribution in [3.63, 3.8) is 0 Å². The molecule has 2 N–H and O–H groups in total. The molecule has 0 saturated carbocycles. The van der Waals surface area contributed by atoms with Crippen LogP contribution in [-0.2, 0) is 4.74 Å². The van der Waals surface area contributed by atoms with Gasteiger partial charge < -0.3 is 10.5 Å². The second kappa shape index (κ2) is 7.37. The Kier molecular flexibility index (Phi) is 6.11. The van der Waals surface area contributed by atoms with Gasteiger partial charge in [-0.3, -0.25) is 9.88 Å². The number of ether oxygens (including phenoxy) is 1. The minimum absolute atomic E-state index is 0.159. The molecule has 17 heavy (non-hydrogen) atoms. The lowest BCUT2D eigenvalue weighted by Gasteiger charge is -2.26. The van der Waals surface area contributed by atoms with Crippen molar-refractivity contribution in [3.8, 4) is 0 Å². The molecule has 96 valence electrons. The molecule has 0 aliphatic rings. The Balaban J connectivity index is 2.50. The summed E-state index contributed by atoms with van der Waals surface area (Å²) in [7, 11) is 2.05. The first-order valence-corrected chi connectivity index (χ1v) is 6.08. The molecule has 0 spiro atoms. The summed E-state index contributed by atoms with van der Waals surface area (Å²) in [5, 5.41) is 0. The molecule has 0 saturated heterocycles. The predicted octanol–water partition coefficient (Wildman–Crippen LogP) is 1.44. The normalized spacial score (nSPS) is 13.3. The molecule has 4 nitrogen and oxygen atoms in total. The monoisotopic (exact) mass is 237 g/mol. The fourth-order valence-electron chi connectivity index (χ4n) is 1.69. The topological polar surface area (TPSA) is 51.4 Å². The Bertz CT molecular complexity index is 303. The molecule has 1 unspecified atom stereocenters. The van der Waals surface area contributed by atoms with E-state index in [9.17, 15) is 0 Å². The summed E-state index contributed by atoms with van der Waals surface area (Å²) >= 11 is 0. The van der Waals surface area contributed by atoms with Gasteiger partial charge in [0, 0.05) is 19.3 Å². The number of likely N-dealkylation sites (N-methyl/N-ethyl adjacent to an activating group) is 1. The van der Waals surface area contributed by atoms with Crippen LogP contribution in [-0.4, -0.2) is 42.7 Å². The highest BCUT2D eigenvalue weighted by atomic mass is 16.5. The van der Waals surface area contributed by atoms with Crippen LogP contribution in [0.1, 0.15) is 25.6 Å². The lowest BCUT2D eigenvalue weighted by atomic mass is 10.1. The fraction of sp³-hybridized carbons (Fsp3) is 0.615. The molecule has 1 rings (SSSR count). The largest absolute Gasteiger partial charge is 0.377 e. The summed E-state index contributed by atoms with van der Waals surface area (Å²) in [6, 6.07) is 6.08. The van der Waals surface area contributed by atoms with Crippen LogP contribution in [0.3, 0.4) is 0 Å². The number of hydrogen-bond donors (Lipinski definition) is 1. The second-order valence-electron chi connectivity index (χ2n) is 4.41. The van der Waals surface area contributed by atoms with Crippen molar-refractivity contribution in [1.29, 1.82) is 0 Å². The third-order valence-corrected chi connectivity index (χ3v) is 2.68. The molecule has 0 amide bonds. The molecule has 0 aliphatic heterocycles. The van der Waals surface area contributed by atoms with Crippen LogP contribution < -0.4 is 5.73 Å². The molecule has 1 atom stereocenters. The SMILES string of the molecule is CC(C)OCCN(C)C(CN)c1ccccn1. The van der Waals surface area contributed by atoms with Gasteiger partial charge in [-0.1, -0.05) is 6.07 Å². The molecule has 0 aromatic carbocycles. The van der Waals surface area contributed by atoms with Crippen molar-refractivity contribution < 1.29 is 4.74 Å². The first-order valence-electron chi connectivity index (χ1n) is 6.08. The summed E-state index contributed by atoms with van der Waals surface area (Å²) in [6.45, 7) is 6.22. The Morgan fingerprint density at radius 3 is 2.71 bits per heavy atom. The highest BCUT2D eigenvalue weighted by Gasteiger charge is 2.15. The summed E-state index contributed by atoms with van der Waals surface area (Å²) < 4.78 is 5.54. The van der Waals surface area contributed by atoms with Crippen LogP contribution in [0.15, 0.2) is 24.4 Å². The van der Waals surface area contributed by atoms with Crippen LogP contribution >= 0.6 is 0 Å². The molecule has 4 heteroatoms. The Morgan fingerprint density at radius 2 is 2.18 bits per heavy atom. The van der Waals surface area contributed by atoms with Gasteiger partial charge >= 0.3 is 0 Å². The van der Waals surface area contributed by atoms with E-state index in [0.29, 0.717) is 6.54 Å². The quantitative estimate of drug-likeness (QED) is 0.779. The minimum Gasteiger partial charge on any atom is -0.377 e. The smallest absolute Gasteiger partial charge is 0.0642 e. The highest BCUT2D eigenvalue weighted by Crippen LogP contribution is 2.14. The van der Waals surface area contributed by atoms with Crippen LogP contribution in [0.2, 0.25) is 0 Å². The van der Waals surface area contributed by atoms with E-state index in [4.69, 9.17) is 10.5 Å². The van der Waals surface area contributed by atoms with Gasteiger partial charge in [0.1, 0.15) is 0 Å². The number of rotatable bonds is 7. The zero-order chi connectivity index (χ0) is 12.7. The zero-order valence-electron chi connectivity index (χ0n) is 11.0. The molecule has 0 bridgehead atoms. The van der Waals surface area contributed by atoms with E-state index in [1.807, 2.05) is 32.0 Å². The van der Waals surface area contributed by atoms with E-state index >= 15 is 0 Å². The first kappa shape index (κ1) is 14.1.